The molecule has 0 aliphatic carbocycles. The van der Waals surface area contributed by atoms with Crippen LogP contribution in [0, 0.1) is 0 Å². The number of para-hydroxylation sites is 1. The zero-order valence-electron chi connectivity index (χ0n) is 13.3. The van der Waals surface area contributed by atoms with E-state index in [2.05, 4.69) is 15.6 Å². The van der Waals surface area contributed by atoms with E-state index in [0.29, 0.717) is 12.1 Å². The van der Waals surface area contributed by atoms with E-state index < -0.39 is 27.7 Å². The van der Waals surface area contributed by atoms with E-state index in [-0.39, 0.29) is 22.8 Å². The first kappa shape index (κ1) is 17.1. The summed E-state index contributed by atoms with van der Waals surface area (Å²) in [5, 5.41) is 5.38. The van der Waals surface area contributed by atoms with Crippen LogP contribution >= 0.6 is 0 Å². The number of rotatable bonds is 4. The number of carbonyl (C=O) groups excluding carboxylic acids is 2. The fourth-order valence-corrected chi connectivity index (χ4v) is 4.26. The van der Waals surface area contributed by atoms with Crippen LogP contribution < -0.4 is 10.6 Å². The maximum Gasteiger partial charge on any atom is 0.274 e. The molecule has 1 aliphatic heterocycles. The Bertz CT molecular complexity index is 897. The third kappa shape index (κ3) is 4.42. The topological polar surface area (TPSA) is 105 Å². The first-order valence-electron chi connectivity index (χ1n) is 7.77. The number of amides is 2. The molecule has 1 atom stereocenters. The van der Waals surface area contributed by atoms with Crippen molar-refractivity contribution in [2.75, 3.05) is 16.8 Å². The maximum atomic E-state index is 12.3. The minimum absolute atomic E-state index is 0.0504. The van der Waals surface area contributed by atoms with Gasteiger partial charge < -0.3 is 10.6 Å². The molecule has 25 heavy (non-hydrogen) atoms. The highest BCUT2D eigenvalue weighted by molar-refractivity contribution is 7.91. The van der Waals surface area contributed by atoms with Crippen molar-refractivity contribution in [3.63, 3.8) is 0 Å². The van der Waals surface area contributed by atoms with Crippen molar-refractivity contribution in [2.45, 2.75) is 12.5 Å². The number of nitrogens with zero attached hydrogens (tertiary/aromatic N) is 1. The fraction of sp³-hybridized carbons (Fsp3) is 0.235. The predicted molar refractivity (Wildman–Crippen MR) is 93.2 cm³/mol. The second kappa shape index (κ2) is 7.02. The molecule has 2 amide bonds. The molecule has 0 saturated carbocycles. The maximum absolute atomic E-state index is 12.3. The molecule has 1 saturated heterocycles. The summed E-state index contributed by atoms with van der Waals surface area (Å²) in [6, 6.07) is 11.4. The van der Waals surface area contributed by atoms with Crippen molar-refractivity contribution in [1.29, 1.82) is 0 Å². The number of pyridine rings is 1. The Morgan fingerprint density at radius 2 is 1.84 bits per heavy atom. The molecule has 2 N–H and O–H groups in total. The van der Waals surface area contributed by atoms with Crippen LogP contribution in [0.2, 0.25) is 0 Å². The molecule has 1 unspecified atom stereocenters. The van der Waals surface area contributed by atoms with Gasteiger partial charge in [-0.2, -0.15) is 0 Å². The van der Waals surface area contributed by atoms with Gasteiger partial charge in [-0.1, -0.05) is 18.2 Å². The number of hydrogen-bond donors (Lipinski definition) is 2. The molecular weight excluding hydrogens is 342 g/mol. The minimum Gasteiger partial charge on any atom is -0.348 e. The molecule has 1 aromatic carbocycles. The van der Waals surface area contributed by atoms with Crippen LogP contribution in [0.5, 0.6) is 0 Å². The van der Waals surface area contributed by atoms with E-state index in [9.17, 15) is 18.0 Å². The molecule has 2 aromatic rings. The molecule has 0 bridgehead atoms. The Kier molecular flexibility index (Phi) is 4.80. The van der Waals surface area contributed by atoms with Crippen molar-refractivity contribution < 1.29 is 18.0 Å². The van der Waals surface area contributed by atoms with Crippen LogP contribution in [-0.4, -0.2) is 42.8 Å². The number of anilines is 1. The Morgan fingerprint density at radius 1 is 1.08 bits per heavy atom. The van der Waals surface area contributed by atoms with E-state index in [1.807, 2.05) is 6.07 Å². The summed E-state index contributed by atoms with van der Waals surface area (Å²) in [6.07, 6.45) is 1.78. The second-order valence-corrected chi connectivity index (χ2v) is 8.05. The van der Waals surface area contributed by atoms with Gasteiger partial charge in [0.15, 0.2) is 9.84 Å². The molecule has 1 fully saturated rings. The number of aromatic nitrogens is 1. The predicted octanol–water partition coefficient (Wildman–Crippen LogP) is 1.25. The Hall–Kier alpha value is -2.74. The van der Waals surface area contributed by atoms with Gasteiger partial charge in [0.05, 0.1) is 11.5 Å². The first-order valence-corrected chi connectivity index (χ1v) is 9.59. The Labute approximate surface area is 145 Å². The van der Waals surface area contributed by atoms with E-state index in [1.165, 1.54) is 18.3 Å². The number of nitrogens with one attached hydrogen (secondary N) is 2. The summed E-state index contributed by atoms with van der Waals surface area (Å²) in [4.78, 5) is 28.5. The van der Waals surface area contributed by atoms with Gasteiger partial charge in [-0.25, -0.2) is 8.42 Å². The van der Waals surface area contributed by atoms with Crippen molar-refractivity contribution in [1.82, 2.24) is 10.3 Å². The van der Waals surface area contributed by atoms with Crippen LogP contribution in [0.4, 0.5) is 5.69 Å². The van der Waals surface area contributed by atoms with E-state index >= 15 is 0 Å². The fourth-order valence-electron chi connectivity index (χ4n) is 2.59. The van der Waals surface area contributed by atoms with E-state index in [0.717, 1.165) is 0 Å². The summed E-state index contributed by atoms with van der Waals surface area (Å²) in [5.74, 6) is -0.813. The largest absolute Gasteiger partial charge is 0.348 e. The van der Waals surface area contributed by atoms with Crippen LogP contribution in [0.3, 0.4) is 0 Å². The summed E-state index contributed by atoms with van der Waals surface area (Å²) in [5.41, 5.74) is 0.994. The standard InChI is InChI=1S/C17H17N3O4S/c21-16(20-14-7-9-25(23,24)11-14)12-6-8-18-15(10-12)17(22)19-13-4-2-1-3-5-13/h1-6,8,10,14H,7,9,11H2,(H,19,22)(H,20,21). The van der Waals surface area contributed by atoms with Crippen molar-refractivity contribution >= 4 is 27.3 Å². The SMILES string of the molecule is O=C(NC1CCS(=O)(=O)C1)c1ccnc(C(=O)Nc2ccccc2)c1. The number of sulfone groups is 1. The van der Waals surface area contributed by atoms with Gasteiger partial charge in [-0.3, -0.25) is 14.6 Å². The normalized spacial score (nSPS) is 18.5. The van der Waals surface area contributed by atoms with Gasteiger partial charge in [-0.05, 0) is 30.7 Å². The molecule has 8 heteroatoms. The van der Waals surface area contributed by atoms with Gasteiger partial charge in [0.1, 0.15) is 5.69 Å². The lowest BCUT2D eigenvalue weighted by atomic mass is 10.2. The quantitative estimate of drug-likeness (QED) is 0.855. The van der Waals surface area contributed by atoms with Gasteiger partial charge >= 0.3 is 0 Å². The highest BCUT2D eigenvalue weighted by Crippen LogP contribution is 2.13. The number of hydrogen-bond acceptors (Lipinski definition) is 5. The summed E-state index contributed by atoms with van der Waals surface area (Å²) >= 11 is 0. The summed E-state index contributed by atoms with van der Waals surface area (Å²) < 4.78 is 22.9. The second-order valence-electron chi connectivity index (χ2n) is 5.82. The lowest BCUT2D eigenvalue weighted by Crippen LogP contribution is -2.35. The molecule has 0 radical (unpaired) electrons. The van der Waals surface area contributed by atoms with Gasteiger partial charge in [0.2, 0.25) is 0 Å². The van der Waals surface area contributed by atoms with E-state index in [1.54, 1.807) is 24.3 Å². The molecule has 0 spiro atoms. The van der Waals surface area contributed by atoms with Gasteiger partial charge in [-0.15, -0.1) is 0 Å². The number of carbonyl (C=O) groups is 2. The molecule has 130 valence electrons. The third-order valence-electron chi connectivity index (χ3n) is 3.85. The molecule has 3 rings (SSSR count). The Balaban J connectivity index is 1.68. The van der Waals surface area contributed by atoms with Crippen molar-refractivity contribution in [3.8, 4) is 0 Å². The highest BCUT2D eigenvalue weighted by Gasteiger charge is 2.29. The van der Waals surface area contributed by atoms with Crippen molar-refractivity contribution in [3.05, 3.63) is 59.9 Å². The molecule has 7 nitrogen and oxygen atoms in total. The highest BCUT2D eigenvalue weighted by atomic mass is 32.2. The van der Waals surface area contributed by atoms with Crippen LogP contribution in [0.25, 0.3) is 0 Å². The number of benzene rings is 1. The zero-order valence-corrected chi connectivity index (χ0v) is 14.1. The van der Waals surface area contributed by atoms with Crippen LogP contribution in [0.15, 0.2) is 48.7 Å². The lowest BCUT2D eigenvalue weighted by Gasteiger charge is -2.11. The molecule has 1 aromatic heterocycles. The van der Waals surface area contributed by atoms with Crippen LogP contribution in [-0.2, 0) is 9.84 Å². The molecular formula is C17H17N3O4S. The Morgan fingerprint density at radius 3 is 2.52 bits per heavy atom. The summed E-state index contributed by atoms with van der Waals surface area (Å²) in [6.45, 7) is 0. The minimum atomic E-state index is -3.07. The first-order chi connectivity index (χ1) is 11.9. The van der Waals surface area contributed by atoms with Gasteiger partial charge in [0, 0.05) is 23.5 Å². The monoisotopic (exact) mass is 359 g/mol. The van der Waals surface area contributed by atoms with E-state index in [4.69, 9.17) is 0 Å². The van der Waals surface area contributed by atoms with Gasteiger partial charge in [0.25, 0.3) is 11.8 Å². The average Bonchev–Trinajstić information content (AvgIpc) is 2.94. The third-order valence-corrected chi connectivity index (χ3v) is 5.62. The molecule has 2 heterocycles. The smallest absolute Gasteiger partial charge is 0.274 e. The lowest BCUT2D eigenvalue weighted by molar-refractivity contribution is 0.0941. The van der Waals surface area contributed by atoms with Crippen molar-refractivity contribution in [2.24, 2.45) is 0 Å². The average molecular weight is 359 g/mol. The molecule has 1 aliphatic rings. The summed E-state index contributed by atoms with van der Waals surface area (Å²) in [7, 11) is -3.07. The van der Waals surface area contributed by atoms with Crippen LogP contribution in [0.1, 0.15) is 27.3 Å². The zero-order chi connectivity index (χ0) is 17.9.